The van der Waals surface area contributed by atoms with Gasteiger partial charge in [0.1, 0.15) is 0 Å². The van der Waals surface area contributed by atoms with Gasteiger partial charge in [0.25, 0.3) is 0 Å². The lowest BCUT2D eigenvalue weighted by Gasteiger charge is -2.15. The molecule has 0 fully saturated rings. The smallest absolute Gasteiger partial charge is 0.0983 e. The van der Waals surface area contributed by atoms with Crippen molar-refractivity contribution < 1.29 is 0 Å². The van der Waals surface area contributed by atoms with Gasteiger partial charge in [0.2, 0.25) is 0 Å². The first-order chi connectivity index (χ1) is 8.72. The van der Waals surface area contributed by atoms with Gasteiger partial charge >= 0.3 is 0 Å². The molecule has 2 heterocycles. The summed E-state index contributed by atoms with van der Waals surface area (Å²) in [5.41, 5.74) is 4.56. The van der Waals surface area contributed by atoms with Gasteiger partial charge in [-0.2, -0.15) is 5.10 Å². The second-order valence-corrected chi connectivity index (χ2v) is 4.69. The molecular formula is C14H20N4. The van der Waals surface area contributed by atoms with Crippen LogP contribution in [-0.2, 0) is 6.54 Å². The minimum absolute atomic E-state index is 0.911. The molecule has 0 aliphatic carbocycles. The van der Waals surface area contributed by atoms with Crippen LogP contribution in [0.15, 0.2) is 24.7 Å². The molecular weight excluding hydrogens is 224 g/mol. The van der Waals surface area contributed by atoms with E-state index in [1.807, 2.05) is 24.7 Å². The Morgan fingerprint density at radius 1 is 1.39 bits per heavy atom. The number of hydrogen-bond acceptors (Lipinski definition) is 3. The van der Waals surface area contributed by atoms with Crippen molar-refractivity contribution in [1.29, 1.82) is 0 Å². The molecule has 0 saturated carbocycles. The topological polar surface area (TPSA) is 44.8 Å². The number of aromatic amines is 1. The molecule has 0 atom stereocenters. The van der Waals surface area contributed by atoms with Gasteiger partial charge in [-0.1, -0.05) is 6.92 Å². The van der Waals surface area contributed by atoms with Crippen molar-refractivity contribution in [1.82, 2.24) is 20.1 Å². The number of pyridine rings is 1. The molecule has 0 aliphatic rings. The fraction of sp³-hybridized carbons (Fsp3) is 0.429. The highest BCUT2D eigenvalue weighted by Gasteiger charge is 2.12. The van der Waals surface area contributed by atoms with Crippen molar-refractivity contribution in [2.75, 3.05) is 13.6 Å². The molecule has 0 bridgehead atoms. The molecule has 18 heavy (non-hydrogen) atoms. The van der Waals surface area contributed by atoms with Crippen molar-refractivity contribution >= 4 is 0 Å². The van der Waals surface area contributed by atoms with E-state index in [9.17, 15) is 0 Å². The molecule has 0 aliphatic heterocycles. The van der Waals surface area contributed by atoms with Crippen molar-refractivity contribution in [2.24, 2.45) is 0 Å². The van der Waals surface area contributed by atoms with E-state index in [0.717, 1.165) is 30.8 Å². The minimum atomic E-state index is 0.911. The quantitative estimate of drug-likeness (QED) is 0.879. The van der Waals surface area contributed by atoms with E-state index in [1.54, 1.807) is 0 Å². The van der Waals surface area contributed by atoms with Crippen LogP contribution in [0.4, 0.5) is 0 Å². The Morgan fingerprint density at radius 2 is 2.22 bits per heavy atom. The second-order valence-electron chi connectivity index (χ2n) is 4.69. The number of hydrogen-bond donors (Lipinski definition) is 1. The van der Waals surface area contributed by atoms with Gasteiger partial charge in [-0.25, -0.2) is 0 Å². The van der Waals surface area contributed by atoms with Gasteiger partial charge < -0.3 is 4.90 Å². The zero-order valence-corrected chi connectivity index (χ0v) is 11.3. The second kappa shape index (κ2) is 5.78. The molecule has 4 nitrogen and oxygen atoms in total. The number of rotatable bonds is 5. The number of aromatic nitrogens is 3. The molecule has 96 valence electrons. The van der Waals surface area contributed by atoms with E-state index in [0.29, 0.717) is 0 Å². The number of H-pyrrole nitrogens is 1. The molecule has 2 rings (SSSR count). The molecule has 0 unspecified atom stereocenters. The summed E-state index contributed by atoms with van der Waals surface area (Å²) in [6.07, 6.45) is 6.84. The Morgan fingerprint density at radius 3 is 2.94 bits per heavy atom. The molecule has 0 amide bonds. The largest absolute Gasteiger partial charge is 0.302 e. The molecule has 1 N–H and O–H groups in total. The van der Waals surface area contributed by atoms with Crippen LogP contribution >= 0.6 is 0 Å². The van der Waals surface area contributed by atoms with E-state index < -0.39 is 0 Å². The number of nitrogens with one attached hydrogen (secondary N) is 1. The minimum Gasteiger partial charge on any atom is -0.302 e. The first kappa shape index (κ1) is 12.8. The summed E-state index contributed by atoms with van der Waals surface area (Å²) < 4.78 is 0. The van der Waals surface area contributed by atoms with Crippen LogP contribution < -0.4 is 0 Å². The van der Waals surface area contributed by atoms with E-state index in [1.165, 1.54) is 11.1 Å². The predicted molar refractivity (Wildman–Crippen MR) is 73.2 cm³/mol. The van der Waals surface area contributed by atoms with Gasteiger partial charge in [-0.05, 0) is 38.6 Å². The molecule has 0 saturated heterocycles. The van der Waals surface area contributed by atoms with E-state index in [-0.39, 0.29) is 0 Å². The summed E-state index contributed by atoms with van der Waals surface area (Å²) in [6.45, 7) is 6.29. The maximum Gasteiger partial charge on any atom is 0.0983 e. The van der Waals surface area contributed by atoms with Crippen molar-refractivity contribution in [3.05, 3.63) is 35.8 Å². The molecule has 2 aromatic rings. The first-order valence-electron chi connectivity index (χ1n) is 6.34. The molecule has 0 spiro atoms. The van der Waals surface area contributed by atoms with Gasteiger partial charge in [-0.15, -0.1) is 0 Å². The highest BCUT2D eigenvalue weighted by atomic mass is 15.1. The third-order valence-corrected chi connectivity index (χ3v) is 3.06. The summed E-state index contributed by atoms with van der Waals surface area (Å²) in [7, 11) is 2.14. The Labute approximate surface area is 108 Å². The lowest BCUT2D eigenvalue weighted by Crippen LogP contribution is -2.18. The van der Waals surface area contributed by atoms with Gasteiger partial charge in [-0.3, -0.25) is 10.1 Å². The monoisotopic (exact) mass is 244 g/mol. The predicted octanol–water partition coefficient (Wildman–Crippen LogP) is 2.62. The Hall–Kier alpha value is -1.68. The lowest BCUT2D eigenvalue weighted by atomic mass is 10.1. The summed E-state index contributed by atoms with van der Waals surface area (Å²) in [4.78, 5) is 6.50. The zero-order chi connectivity index (χ0) is 13.0. The third-order valence-electron chi connectivity index (χ3n) is 3.06. The fourth-order valence-corrected chi connectivity index (χ4v) is 2.13. The van der Waals surface area contributed by atoms with Gasteiger partial charge in [0, 0.05) is 36.3 Å². The van der Waals surface area contributed by atoms with Crippen LogP contribution in [0.2, 0.25) is 0 Å². The van der Waals surface area contributed by atoms with Crippen molar-refractivity contribution in [3.63, 3.8) is 0 Å². The van der Waals surface area contributed by atoms with E-state index >= 15 is 0 Å². The molecule has 2 aromatic heterocycles. The maximum absolute atomic E-state index is 4.37. The van der Waals surface area contributed by atoms with E-state index in [2.05, 4.69) is 41.0 Å². The Kier molecular flexibility index (Phi) is 4.10. The number of aryl methyl sites for hydroxylation is 1. The Bertz CT molecular complexity index is 504. The average Bonchev–Trinajstić information content (AvgIpc) is 2.78. The normalized spacial score (nSPS) is 11.1. The fourth-order valence-electron chi connectivity index (χ4n) is 2.13. The van der Waals surface area contributed by atoms with Crippen LogP contribution in [0.3, 0.4) is 0 Å². The highest BCUT2D eigenvalue weighted by Crippen LogP contribution is 2.24. The zero-order valence-electron chi connectivity index (χ0n) is 11.3. The summed E-state index contributed by atoms with van der Waals surface area (Å²) in [5, 5.41) is 7.34. The van der Waals surface area contributed by atoms with E-state index in [4.69, 9.17) is 0 Å². The maximum atomic E-state index is 4.37. The van der Waals surface area contributed by atoms with Crippen molar-refractivity contribution in [2.45, 2.75) is 26.8 Å². The highest BCUT2D eigenvalue weighted by molar-refractivity contribution is 5.65. The SMILES string of the molecule is CCCN(C)Cc1c[nH]nc1-c1cnccc1C. The molecule has 4 heteroatoms. The van der Waals surface area contributed by atoms with Crippen LogP contribution in [0, 0.1) is 6.92 Å². The summed E-state index contributed by atoms with van der Waals surface area (Å²) >= 11 is 0. The number of nitrogens with zero attached hydrogens (tertiary/aromatic N) is 3. The standard InChI is InChI=1S/C14H20N4/c1-4-7-18(3)10-12-8-16-17-14(12)13-9-15-6-5-11(13)2/h5-6,8-9H,4,7,10H2,1-3H3,(H,16,17). The van der Waals surface area contributed by atoms with Gasteiger partial charge in [0.15, 0.2) is 0 Å². The third kappa shape index (κ3) is 2.76. The molecule has 0 aromatic carbocycles. The first-order valence-corrected chi connectivity index (χ1v) is 6.34. The molecule has 0 radical (unpaired) electrons. The van der Waals surface area contributed by atoms with Crippen LogP contribution in [0.5, 0.6) is 0 Å². The summed E-state index contributed by atoms with van der Waals surface area (Å²) in [5.74, 6) is 0. The van der Waals surface area contributed by atoms with Crippen LogP contribution in [-0.4, -0.2) is 33.7 Å². The average molecular weight is 244 g/mol. The van der Waals surface area contributed by atoms with Crippen LogP contribution in [0.25, 0.3) is 11.3 Å². The van der Waals surface area contributed by atoms with Gasteiger partial charge in [0.05, 0.1) is 5.69 Å². The Balaban J connectivity index is 2.25. The van der Waals surface area contributed by atoms with Crippen LogP contribution in [0.1, 0.15) is 24.5 Å². The lowest BCUT2D eigenvalue weighted by molar-refractivity contribution is 0.328. The van der Waals surface area contributed by atoms with Crippen molar-refractivity contribution in [3.8, 4) is 11.3 Å². The summed E-state index contributed by atoms with van der Waals surface area (Å²) in [6, 6.07) is 2.02.